The summed E-state index contributed by atoms with van der Waals surface area (Å²) in [6.07, 6.45) is 2.15. The van der Waals surface area contributed by atoms with E-state index >= 15 is 0 Å². The molecule has 1 aliphatic rings. The molecule has 0 spiro atoms. The molecule has 0 saturated carbocycles. The van der Waals surface area contributed by atoms with Crippen molar-refractivity contribution in [3.8, 4) is 5.75 Å². The monoisotopic (exact) mass is 359 g/mol. The van der Waals surface area contributed by atoms with E-state index < -0.39 is 12.8 Å². The smallest absolute Gasteiger partial charge is 0.123 e. The fourth-order valence-electron chi connectivity index (χ4n) is 3.51. The molecule has 1 atom stereocenters. The summed E-state index contributed by atoms with van der Waals surface area (Å²) in [6.45, 7) is 2.29. The molecule has 0 amide bonds. The van der Waals surface area contributed by atoms with E-state index in [2.05, 4.69) is 11.0 Å². The number of rotatable bonds is 8. The Morgan fingerprint density at radius 1 is 1.00 bits per heavy atom. The molecule has 0 N–H and O–H groups in total. The number of hydrogen-bond acceptors (Lipinski definition) is 2. The van der Waals surface area contributed by atoms with E-state index in [1.807, 2.05) is 42.5 Å². The molecule has 2 aromatic carbocycles. The Balaban J connectivity index is 1.48. The number of fused-ring (bicyclic) bond motifs is 1. The number of nitrogens with zero attached hydrogens (tertiary/aromatic N) is 1. The lowest BCUT2D eigenvalue weighted by molar-refractivity contribution is 0.229. The van der Waals surface area contributed by atoms with E-state index in [1.54, 1.807) is 0 Å². The van der Waals surface area contributed by atoms with Gasteiger partial charge in [0.1, 0.15) is 25.2 Å². The van der Waals surface area contributed by atoms with Gasteiger partial charge in [-0.1, -0.05) is 36.4 Å². The minimum absolute atomic E-state index is 0.101. The molecule has 26 heavy (non-hydrogen) atoms. The Labute approximate surface area is 154 Å². The highest BCUT2D eigenvalue weighted by Gasteiger charge is 2.16. The predicted molar refractivity (Wildman–Crippen MR) is 101 cm³/mol. The normalized spacial score (nSPS) is 15.9. The van der Waals surface area contributed by atoms with Crippen LogP contribution in [0.15, 0.2) is 48.5 Å². The molecule has 1 aliphatic heterocycles. The maximum absolute atomic E-state index is 14.3. The van der Waals surface area contributed by atoms with Gasteiger partial charge in [-0.05, 0) is 48.1 Å². The summed E-state index contributed by atoms with van der Waals surface area (Å²) in [5, 5.41) is 0. The maximum Gasteiger partial charge on any atom is 0.123 e. The lowest BCUT2D eigenvalue weighted by Crippen LogP contribution is -2.29. The van der Waals surface area contributed by atoms with E-state index in [0.717, 1.165) is 43.8 Å². The molecule has 1 heterocycles. The van der Waals surface area contributed by atoms with Crippen molar-refractivity contribution in [3.63, 3.8) is 0 Å². The summed E-state index contributed by atoms with van der Waals surface area (Å²) in [7, 11) is 0. The van der Waals surface area contributed by atoms with E-state index in [4.69, 9.17) is 4.74 Å². The second-order valence-corrected chi connectivity index (χ2v) is 6.89. The van der Waals surface area contributed by atoms with Crippen molar-refractivity contribution in [2.45, 2.75) is 31.9 Å². The zero-order chi connectivity index (χ0) is 18.2. The van der Waals surface area contributed by atoms with Crippen LogP contribution in [0.3, 0.4) is 0 Å². The summed E-state index contributed by atoms with van der Waals surface area (Å²) in [6, 6.07) is 15.9. The van der Waals surface area contributed by atoms with E-state index in [9.17, 15) is 8.78 Å². The molecule has 2 nitrogen and oxygen atoms in total. The van der Waals surface area contributed by atoms with Gasteiger partial charge in [0.15, 0.2) is 0 Å². The Bertz CT molecular complexity index is 677. The number of ether oxygens (including phenoxy) is 1. The van der Waals surface area contributed by atoms with Crippen LogP contribution in [-0.2, 0) is 19.3 Å². The zero-order valence-corrected chi connectivity index (χ0v) is 15.2. The number of halogens is 2. The van der Waals surface area contributed by atoms with Gasteiger partial charge in [0, 0.05) is 26.1 Å². The van der Waals surface area contributed by atoms with Gasteiger partial charge in [-0.2, -0.15) is 0 Å². The van der Waals surface area contributed by atoms with Crippen LogP contribution in [0.2, 0.25) is 0 Å². The summed E-state index contributed by atoms with van der Waals surface area (Å²) < 4.78 is 32.0. The van der Waals surface area contributed by atoms with Gasteiger partial charge >= 0.3 is 0 Å². The van der Waals surface area contributed by atoms with Crippen molar-refractivity contribution in [3.05, 3.63) is 65.2 Å². The van der Waals surface area contributed by atoms with E-state index in [-0.39, 0.29) is 6.61 Å². The Kier molecular flexibility index (Phi) is 7.01. The van der Waals surface area contributed by atoms with Crippen molar-refractivity contribution < 1.29 is 13.5 Å². The van der Waals surface area contributed by atoms with Crippen molar-refractivity contribution in [2.24, 2.45) is 0 Å². The molecular weight excluding hydrogens is 332 g/mol. The van der Waals surface area contributed by atoms with Crippen LogP contribution in [0.1, 0.15) is 23.1 Å². The van der Waals surface area contributed by atoms with Crippen molar-refractivity contribution in [1.82, 2.24) is 4.90 Å². The molecule has 0 fully saturated rings. The number of benzene rings is 2. The minimum atomic E-state index is -0.802. The van der Waals surface area contributed by atoms with Crippen LogP contribution in [0.25, 0.3) is 0 Å². The second-order valence-electron chi connectivity index (χ2n) is 6.89. The first kappa shape index (κ1) is 18.8. The maximum atomic E-state index is 14.3. The third-order valence-electron chi connectivity index (χ3n) is 4.98. The van der Waals surface area contributed by atoms with Gasteiger partial charge in [0.05, 0.1) is 0 Å². The molecule has 2 aromatic rings. The topological polar surface area (TPSA) is 12.5 Å². The zero-order valence-electron chi connectivity index (χ0n) is 15.2. The highest BCUT2D eigenvalue weighted by molar-refractivity contribution is 5.36. The van der Waals surface area contributed by atoms with Crippen molar-refractivity contribution >= 4 is 0 Å². The van der Waals surface area contributed by atoms with Crippen LogP contribution >= 0.6 is 0 Å². The Morgan fingerprint density at radius 3 is 2.54 bits per heavy atom. The molecule has 0 aliphatic carbocycles. The van der Waals surface area contributed by atoms with Crippen LogP contribution in [0.5, 0.6) is 5.75 Å². The first-order chi connectivity index (χ1) is 12.7. The molecular formula is C22H27F2NO. The number of hydrogen-bond donors (Lipinski definition) is 0. The lowest BCUT2D eigenvalue weighted by Gasteiger charge is -2.20. The van der Waals surface area contributed by atoms with Gasteiger partial charge in [0.25, 0.3) is 0 Å². The third kappa shape index (κ3) is 5.53. The average molecular weight is 359 g/mol. The average Bonchev–Trinajstić information content (AvgIpc) is 2.87. The quantitative estimate of drug-likeness (QED) is 0.692. The predicted octanol–water partition coefficient (Wildman–Crippen LogP) is 4.41. The SMILES string of the molecule is FCCOc1ccc2c(c1)CCN(CCC(F)Cc1ccccc1)CC2. The van der Waals surface area contributed by atoms with Gasteiger partial charge in [-0.25, -0.2) is 8.78 Å². The Hall–Kier alpha value is -1.94. The highest BCUT2D eigenvalue weighted by Crippen LogP contribution is 2.22. The van der Waals surface area contributed by atoms with Crippen LogP contribution in [-0.4, -0.2) is 44.0 Å². The Morgan fingerprint density at radius 2 is 1.77 bits per heavy atom. The van der Waals surface area contributed by atoms with E-state index in [0.29, 0.717) is 12.8 Å². The van der Waals surface area contributed by atoms with Crippen molar-refractivity contribution in [2.75, 3.05) is 32.9 Å². The van der Waals surface area contributed by atoms with Crippen LogP contribution < -0.4 is 4.74 Å². The molecule has 4 heteroatoms. The molecule has 1 unspecified atom stereocenters. The lowest BCUT2D eigenvalue weighted by atomic mass is 10.0. The van der Waals surface area contributed by atoms with Crippen LogP contribution in [0, 0.1) is 0 Å². The molecule has 0 radical (unpaired) electrons. The third-order valence-corrected chi connectivity index (χ3v) is 4.98. The summed E-state index contributed by atoms with van der Waals surface area (Å²) >= 11 is 0. The standard InChI is InChI=1S/C22H27F2NO/c23-11-15-26-22-7-6-19-8-12-25(13-9-20(19)17-22)14-10-21(24)16-18-4-2-1-3-5-18/h1-7,17,21H,8-16H2. The van der Waals surface area contributed by atoms with Crippen LogP contribution in [0.4, 0.5) is 8.78 Å². The van der Waals surface area contributed by atoms with Crippen molar-refractivity contribution in [1.29, 1.82) is 0 Å². The fourth-order valence-corrected chi connectivity index (χ4v) is 3.51. The highest BCUT2D eigenvalue weighted by atomic mass is 19.1. The van der Waals surface area contributed by atoms with Gasteiger partial charge in [-0.3, -0.25) is 0 Å². The minimum Gasteiger partial charge on any atom is -0.491 e. The molecule has 140 valence electrons. The largest absolute Gasteiger partial charge is 0.491 e. The molecule has 0 aromatic heterocycles. The first-order valence-corrected chi connectivity index (χ1v) is 9.45. The molecule has 0 saturated heterocycles. The molecule has 3 rings (SSSR count). The fraction of sp³-hybridized carbons (Fsp3) is 0.455. The van der Waals surface area contributed by atoms with E-state index in [1.165, 1.54) is 11.1 Å². The first-order valence-electron chi connectivity index (χ1n) is 9.45. The second kappa shape index (κ2) is 9.67. The summed E-state index contributed by atoms with van der Waals surface area (Å²) in [4.78, 5) is 2.35. The summed E-state index contributed by atoms with van der Waals surface area (Å²) in [5.74, 6) is 0.738. The molecule has 0 bridgehead atoms. The van der Waals surface area contributed by atoms with Gasteiger partial charge < -0.3 is 9.64 Å². The number of alkyl halides is 2. The van der Waals surface area contributed by atoms with Gasteiger partial charge in [0.2, 0.25) is 0 Å². The summed E-state index contributed by atoms with van der Waals surface area (Å²) in [5.41, 5.74) is 3.65. The van der Waals surface area contributed by atoms with Gasteiger partial charge in [-0.15, -0.1) is 0 Å².